The Hall–Kier alpha value is -3.66. The first kappa shape index (κ1) is 28.4. The molecule has 5 aromatic rings. The van der Waals surface area contributed by atoms with Crippen LogP contribution in [0.2, 0.25) is 0 Å². The molecule has 4 aromatic carbocycles. The number of benzene rings is 4. The topological polar surface area (TPSA) is 54.9 Å². The molecule has 0 aliphatic rings. The summed E-state index contributed by atoms with van der Waals surface area (Å²) < 4.78 is 0. The molecule has 6 heteroatoms. The lowest BCUT2D eigenvalue weighted by atomic mass is 10.2. The lowest BCUT2D eigenvalue weighted by Crippen LogP contribution is -3.00. The third-order valence-electron chi connectivity index (χ3n) is 6.73. The average molecular weight is 597 g/mol. The molecule has 0 saturated heterocycles. The highest BCUT2D eigenvalue weighted by atomic mass is 79.9. The Morgan fingerprint density at radius 3 is 1.56 bits per heavy atom. The van der Waals surface area contributed by atoms with Gasteiger partial charge in [-0.2, -0.15) is 0 Å². The number of unbranched alkanes of at least 4 members (excludes halogenated alkanes) is 1. The molecule has 5 rings (SSSR count). The zero-order valence-corrected chi connectivity index (χ0v) is 24.1. The molecule has 0 spiro atoms. The zero-order valence-electron chi connectivity index (χ0n) is 21.7. The Morgan fingerprint density at radius 1 is 0.615 bits per heavy atom. The summed E-state index contributed by atoms with van der Waals surface area (Å²) in [5.74, 6) is 0.448. The van der Waals surface area contributed by atoms with Crippen LogP contribution in [-0.2, 0) is 4.79 Å². The van der Waals surface area contributed by atoms with Gasteiger partial charge in [-0.25, -0.2) is 4.98 Å². The maximum Gasteiger partial charge on any atom is 0.225 e. The minimum Gasteiger partial charge on any atom is -1.00 e. The number of hydrogen-bond donors (Lipinski definition) is 1. The number of carbonyl (C=O) groups is 1. The van der Waals surface area contributed by atoms with Crippen LogP contribution in [0.25, 0.3) is 11.3 Å². The molecule has 0 fully saturated rings. The number of nitrogens with zero attached hydrogens (tertiary/aromatic N) is 2. The Kier molecular flexibility index (Phi) is 10.1. The second kappa shape index (κ2) is 13.9. The van der Waals surface area contributed by atoms with Crippen LogP contribution in [0.15, 0.2) is 134 Å². The quantitative estimate of drug-likeness (QED) is 0.199. The van der Waals surface area contributed by atoms with Gasteiger partial charge in [0, 0.05) is 12.0 Å². The monoisotopic (exact) mass is 595 g/mol. The third-order valence-corrected chi connectivity index (χ3v) is 11.3. The van der Waals surface area contributed by atoms with Gasteiger partial charge < -0.3 is 22.3 Å². The normalized spacial score (nSPS) is 10.9. The van der Waals surface area contributed by atoms with Crippen molar-refractivity contribution in [2.24, 2.45) is 0 Å². The standard InChI is InChI=1S/C33H30N3OP.BrH/c37-33(36-32-26-34-31(25-35-32)27-15-5-1-6-16-27)23-13-14-24-38(28-17-7-2-8-18-28,29-19-9-3-10-20-29)30-21-11-4-12-22-30;/h1-12,15-22,25-26H,13-14,23-24H2;1H. The van der Waals surface area contributed by atoms with E-state index < -0.39 is 7.26 Å². The smallest absolute Gasteiger partial charge is 0.225 e. The van der Waals surface area contributed by atoms with E-state index in [1.807, 2.05) is 30.3 Å². The van der Waals surface area contributed by atoms with Gasteiger partial charge in [-0.05, 0) is 49.2 Å². The molecule has 196 valence electrons. The summed E-state index contributed by atoms with van der Waals surface area (Å²) in [5.41, 5.74) is 1.78. The summed E-state index contributed by atoms with van der Waals surface area (Å²) >= 11 is 0. The number of aromatic nitrogens is 2. The van der Waals surface area contributed by atoms with Crippen molar-refractivity contribution in [1.82, 2.24) is 9.97 Å². The highest BCUT2D eigenvalue weighted by Crippen LogP contribution is 2.55. The van der Waals surface area contributed by atoms with Crippen molar-refractivity contribution in [3.05, 3.63) is 134 Å². The molecule has 1 N–H and O–H groups in total. The molecule has 4 nitrogen and oxygen atoms in total. The summed E-state index contributed by atoms with van der Waals surface area (Å²) in [6.07, 6.45) is 6.51. The Bertz CT molecular complexity index is 1340. The van der Waals surface area contributed by atoms with Gasteiger partial charge >= 0.3 is 0 Å². The molecule has 0 atom stereocenters. The fourth-order valence-electron chi connectivity index (χ4n) is 4.87. The van der Waals surface area contributed by atoms with Crippen LogP contribution in [0.1, 0.15) is 19.3 Å². The van der Waals surface area contributed by atoms with E-state index in [9.17, 15) is 4.79 Å². The van der Waals surface area contributed by atoms with Crippen LogP contribution in [0.5, 0.6) is 0 Å². The molecule has 1 aromatic heterocycles. The number of rotatable bonds is 10. The Balaban J connectivity index is 0.00000353. The van der Waals surface area contributed by atoms with Gasteiger partial charge in [0.2, 0.25) is 5.91 Å². The van der Waals surface area contributed by atoms with E-state index in [4.69, 9.17) is 0 Å². The predicted molar refractivity (Wildman–Crippen MR) is 160 cm³/mol. The number of halogens is 1. The van der Waals surface area contributed by atoms with Crippen molar-refractivity contribution in [3.8, 4) is 11.3 Å². The van der Waals surface area contributed by atoms with Crippen LogP contribution in [0.3, 0.4) is 0 Å². The summed E-state index contributed by atoms with van der Waals surface area (Å²) in [5, 5.41) is 7.02. The van der Waals surface area contributed by atoms with Crippen molar-refractivity contribution in [3.63, 3.8) is 0 Å². The lowest BCUT2D eigenvalue weighted by Gasteiger charge is -2.27. The van der Waals surface area contributed by atoms with E-state index in [1.165, 1.54) is 15.9 Å². The lowest BCUT2D eigenvalue weighted by molar-refractivity contribution is -0.116. The van der Waals surface area contributed by atoms with Crippen molar-refractivity contribution in [2.45, 2.75) is 19.3 Å². The Labute approximate surface area is 241 Å². The fourth-order valence-corrected chi connectivity index (χ4v) is 9.28. The van der Waals surface area contributed by atoms with Gasteiger partial charge in [0.25, 0.3) is 0 Å². The molecule has 1 amide bonds. The first-order valence-electron chi connectivity index (χ1n) is 13.0. The molecule has 0 bridgehead atoms. The van der Waals surface area contributed by atoms with E-state index in [1.54, 1.807) is 12.4 Å². The number of nitrogens with one attached hydrogen (secondary N) is 1. The maximum absolute atomic E-state index is 12.7. The van der Waals surface area contributed by atoms with E-state index in [0.29, 0.717) is 12.2 Å². The van der Waals surface area contributed by atoms with Crippen molar-refractivity contribution in [2.75, 3.05) is 11.5 Å². The van der Waals surface area contributed by atoms with Gasteiger partial charge in [0.05, 0.1) is 24.2 Å². The molecular weight excluding hydrogens is 565 g/mol. The van der Waals surface area contributed by atoms with Crippen molar-refractivity contribution in [1.29, 1.82) is 0 Å². The predicted octanol–water partition coefficient (Wildman–Crippen LogP) is 3.25. The van der Waals surface area contributed by atoms with E-state index >= 15 is 0 Å². The molecular formula is C33H31BrN3OP. The first-order chi connectivity index (χ1) is 18.8. The van der Waals surface area contributed by atoms with E-state index in [2.05, 4.69) is 106 Å². The fraction of sp³-hybridized carbons (Fsp3) is 0.121. The van der Waals surface area contributed by atoms with Gasteiger partial charge in [-0.15, -0.1) is 0 Å². The molecule has 0 unspecified atom stereocenters. The molecule has 1 heterocycles. The van der Waals surface area contributed by atoms with Crippen LogP contribution in [0.4, 0.5) is 5.82 Å². The van der Waals surface area contributed by atoms with E-state index in [-0.39, 0.29) is 22.9 Å². The summed E-state index contributed by atoms with van der Waals surface area (Å²) in [6.45, 7) is 0. The van der Waals surface area contributed by atoms with Gasteiger partial charge in [-0.3, -0.25) is 9.78 Å². The van der Waals surface area contributed by atoms with Crippen LogP contribution >= 0.6 is 7.26 Å². The van der Waals surface area contributed by atoms with Gasteiger partial charge in [0.15, 0.2) is 5.82 Å². The number of amides is 1. The number of carbonyl (C=O) groups excluding carboxylic acids is 1. The molecule has 39 heavy (non-hydrogen) atoms. The highest BCUT2D eigenvalue weighted by molar-refractivity contribution is 7.95. The molecule has 0 radical (unpaired) electrons. The average Bonchev–Trinajstić information content (AvgIpc) is 2.99. The Morgan fingerprint density at radius 2 is 1.10 bits per heavy atom. The second-order valence-corrected chi connectivity index (χ2v) is 12.8. The second-order valence-electron chi connectivity index (χ2n) is 9.20. The SMILES string of the molecule is O=C(CCCC[P+](c1ccccc1)(c1ccccc1)c1ccccc1)Nc1cnc(-c2ccccc2)cn1.[Br-]. The maximum atomic E-state index is 12.7. The zero-order chi connectivity index (χ0) is 26.0. The minimum absolute atomic E-state index is 0. The molecule has 0 aliphatic carbocycles. The van der Waals surface area contributed by atoms with Crippen LogP contribution in [0, 0.1) is 0 Å². The first-order valence-corrected chi connectivity index (χ1v) is 15.0. The largest absolute Gasteiger partial charge is 1.00 e. The number of hydrogen-bond acceptors (Lipinski definition) is 3. The number of anilines is 1. The van der Waals surface area contributed by atoms with Crippen molar-refractivity contribution >= 4 is 34.9 Å². The van der Waals surface area contributed by atoms with Gasteiger partial charge in [0.1, 0.15) is 23.2 Å². The third kappa shape index (κ3) is 6.86. The van der Waals surface area contributed by atoms with Gasteiger partial charge in [-0.1, -0.05) is 84.9 Å². The summed E-state index contributed by atoms with van der Waals surface area (Å²) in [6, 6.07) is 42.5. The summed E-state index contributed by atoms with van der Waals surface area (Å²) in [7, 11) is -1.87. The summed E-state index contributed by atoms with van der Waals surface area (Å²) in [4.78, 5) is 21.6. The highest BCUT2D eigenvalue weighted by Gasteiger charge is 2.44. The molecule has 0 saturated carbocycles. The van der Waals surface area contributed by atoms with Crippen molar-refractivity contribution < 1.29 is 21.8 Å². The minimum atomic E-state index is -1.87. The van der Waals surface area contributed by atoms with Crippen LogP contribution in [-0.4, -0.2) is 22.0 Å². The van der Waals surface area contributed by atoms with E-state index in [0.717, 1.165) is 30.3 Å². The molecule has 0 aliphatic heterocycles. The van der Waals surface area contributed by atoms with Crippen LogP contribution < -0.4 is 38.2 Å².